The molecule has 0 aliphatic carbocycles. The van der Waals surface area contributed by atoms with Gasteiger partial charge in [-0.25, -0.2) is 4.98 Å². The zero-order valence-electron chi connectivity index (χ0n) is 10.4. The molecule has 2 heterocycles. The molecule has 0 amide bonds. The molecule has 19 heavy (non-hydrogen) atoms. The fraction of sp³-hybridized carbons (Fsp3) is 0.0667. The van der Waals surface area contributed by atoms with Crippen molar-refractivity contribution >= 4 is 11.9 Å². The van der Waals surface area contributed by atoms with Crippen LogP contribution in [0.25, 0.3) is 16.8 Å². The molecular weight excluding hydrogens is 240 g/mol. The Morgan fingerprint density at radius 1 is 1.16 bits per heavy atom. The Hall–Kier alpha value is -2.62. The van der Waals surface area contributed by atoms with Crippen molar-refractivity contribution in [3.05, 3.63) is 54.5 Å². The highest BCUT2D eigenvalue weighted by Crippen LogP contribution is 2.24. The molecule has 0 atom stereocenters. The first-order valence-corrected chi connectivity index (χ1v) is 5.88. The molecule has 0 aliphatic heterocycles. The van der Waals surface area contributed by atoms with E-state index in [1.807, 2.05) is 47.0 Å². The molecule has 94 valence electrons. The second kappa shape index (κ2) is 4.57. The van der Waals surface area contributed by atoms with Crippen LogP contribution in [0.4, 0.5) is 0 Å². The summed E-state index contributed by atoms with van der Waals surface area (Å²) in [5.41, 5.74) is 3.29. The van der Waals surface area contributed by atoms with E-state index in [9.17, 15) is 4.79 Å². The smallest absolute Gasteiger partial charge is 0.170 e. The maximum absolute atomic E-state index is 10.7. The van der Waals surface area contributed by atoms with Crippen molar-refractivity contribution in [3.8, 4) is 16.9 Å². The maximum Gasteiger partial charge on any atom is 0.170 e. The minimum Gasteiger partial charge on any atom is -0.497 e. The predicted octanol–water partition coefficient (Wildman–Crippen LogP) is 2.82. The summed E-state index contributed by atoms with van der Waals surface area (Å²) in [5, 5.41) is 0. The third-order valence-corrected chi connectivity index (χ3v) is 2.99. The van der Waals surface area contributed by atoms with Gasteiger partial charge in [0.2, 0.25) is 0 Å². The Morgan fingerprint density at radius 3 is 2.84 bits per heavy atom. The zero-order valence-corrected chi connectivity index (χ0v) is 10.4. The van der Waals surface area contributed by atoms with E-state index < -0.39 is 0 Å². The number of pyridine rings is 1. The van der Waals surface area contributed by atoms with Crippen molar-refractivity contribution in [2.24, 2.45) is 0 Å². The molecule has 0 bridgehead atoms. The summed E-state index contributed by atoms with van der Waals surface area (Å²) in [6.45, 7) is 0. The minimum absolute atomic E-state index is 0.433. The summed E-state index contributed by atoms with van der Waals surface area (Å²) in [7, 11) is 1.65. The first-order chi connectivity index (χ1) is 9.30. The first-order valence-electron chi connectivity index (χ1n) is 5.88. The van der Waals surface area contributed by atoms with Crippen molar-refractivity contribution in [1.82, 2.24) is 9.38 Å². The molecule has 0 aliphatic rings. The number of methoxy groups -OCH3 is 1. The summed E-state index contributed by atoms with van der Waals surface area (Å²) >= 11 is 0. The molecule has 0 saturated heterocycles. The van der Waals surface area contributed by atoms with Gasteiger partial charge in [-0.1, -0.05) is 12.1 Å². The van der Waals surface area contributed by atoms with Gasteiger partial charge in [0.1, 0.15) is 17.1 Å². The van der Waals surface area contributed by atoms with Crippen LogP contribution in [-0.2, 0) is 0 Å². The Morgan fingerprint density at radius 2 is 2.05 bits per heavy atom. The SMILES string of the molecule is COc1cccc(-c2ccc3nc(C=O)cn3c2)c1. The third kappa shape index (κ3) is 2.08. The van der Waals surface area contributed by atoms with Crippen LogP contribution in [0.15, 0.2) is 48.8 Å². The van der Waals surface area contributed by atoms with E-state index in [1.165, 1.54) is 0 Å². The number of hydrogen-bond donors (Lipinski definition) is 0. The van der Waals surface area contributed by atoms with Crippen LogP contribution in [0.2, 0.25) is 0 Å². The number of benzene rings is 1. The van der Waals surface area contributed by atoms with Gasteiger partial charge >= 0.3 is 0 Å². The summed E-state index contributed by atoms with van der Waals surface area (Å²) < 4.78 is 7.07. The van der Waals surface area contributed by atoms with Gasteiger partial charge in [-0.05, 0) is 35.4 Å². The number of fused-ring (bicyclic) bond motifs is 1. The van der Waals surface area contributed by atoms with E-state index >= 15 is 0 Å². The topological polar surface area (TPSA) is 43.6 Å². The number of aldehydes is 1. The van der Waals surface area contributed by atoms with Gasteiger partial charge in [0, 0.05) is 12.4 Å². The quantitative estimate of drug-likeness (QED) is 0.673. The maximum atomic E-state index is 10.7. The number of imidazole rings is 1. The fourth-order valence-corrected chi connectivity index (χ4v) is 2.04. The highest BCUT2D eigenvalue weighted by Gasteiger charge is 2.04. The Bertz CT molecular complexity index is 747. The van der Waals surface area contributed by atoms with Gasteiger partial charge in [0.15, 0.2) is 6.29 Å². The van der Waals surface area contributed by atoms with Crippen LogP contribution >= 0.6 is 0 Å². The molecule has 3 rings (SSSR count). The van der Waals surface area contributed by atoms with Crippen LogP contribution in [0.5, 0.6) is 5.75 Å². The van der Waals surface area contributed by atoms with E-state index in [2.05, 4.69) is 4.98 Å². The summed E-state index contributed by atoms with van der Waals surface area (Å²) in [6.07, 6.45) is 4.41. The molecule has 3 aromatic rings. The van der Waals surface area contributed by atoms with Crippen LogP contribution in [0.1, 0.15) is 10.5 Å². The third-order valence-electron chi connectivity index (χ3n) is 2.99. The van der Waals surface area contributed by atoms with Gasteiger partial charge in [-0.2, -0.15) is 0 Å². The highest BCUT2D eigenvalue weighted by atomic mass is 16.5. The lowest BCUT2D eigenvalue weighted by atomic mass is 10.1. The van der Waals surface area contributed by atoms with Crippen molar-refractivity contribution < 1.29 is 9.53 Å². The van der Waals surface area contributed by atoms with E-state index in [0.29, 0.717) is 5.69 Å². The van der Waals surface area contributed by atoms with Crippen LogP contribution in [0, 0.1) is 0 Å². The normalized spacial score (nSPS) is 10.6. The van der Waals surface area contributed by atoms with Crippen molar-refractivity contribution in [2.75, 3.05) is 7.11 Å². The molecule has 0 spiro atoms. The van der Waals surface area contributed by atoms with E-state index in [1.54, 1.807) is 13.3 Å². The lowest BCUT2D eigenvalue weighted by Crippen LogP contribution is -1.87. The summed E-state index contributed by atoms with van der Waals surface area (Å²) in [4.78, 5) is 14.9. The van der Waals surface area contributed by atoms with Gasteiger partial charge in [-0.3, -0.25) is 4.79 Å². The zero-order chi connectivity index (χ0) is 13.2. The number of nitrogens with zero attached hydrogens (tertiary/aromatic N) is 2. The highest BCUT2D eigenvalue weighted by molar-refractivity contribution is 5.74. The molecule has 0 unspecified atom stereocenters. The first kappa shape index (κ1) is 11.5. The van der Waals surface area contributed by atoms with E-state index in [0.717, 1.165) is 28.8 Å². The number of aromatic nitrogens is 2. The van der Waals surface area contributed by atoms with Crippen molar-refractivity contribution in [1.29, 1.82) is 0 Å². The van der Waals surface area contributed by atoms with Crippen molar-refractivity contribution in [2.45, 2.75) is 0 Å². The largest absolute Gasteiger partial charge is 0.497 e. The van der Waals surface area contributed by atoms with Gasteiger partial charge in [0.05, 0.1) is 7.11 Å². The Kier molecular flexibility index (Phi) is 2.76. The molecule has 0 saturated carbocycles. The molecule has 4 heteroatoms. The van der Waals surface area contributed by atoms with E-state index in [-0.39, 0.29) is 0 Å². The molecule has 0 N–H and O–H groups in total. The molecule has 2 aromatic heterocycles. The summed E-state index contributed by atoms with van der Waals surface area (Å²) in [5.74, 6) is 0.816. The second-order valence-electron chi connectivity index (χ2n) is 4.20. The number of ether oxygens (including phenoxy) is 1. The van der Waals surface area contributed by atoms with Gasteiger partial charge in [0.25, 0.3) is 0 Å². The van der Waals surface area contributed by atoms with Crippen LogP contribution in [-0.4, -0.2) is 22.8 Å². The average Bonchev–Trinajstić information content (AvgIpc) is 2.89. The van der Waals surface area contributed by atoms with Gasteiger partial charge < -0.3 is 9.14 Å². The second-order valence-corrected chi connectivity index (χ2v) is 4.20. The molecular formula is C15H12N2O2. The Balaban J connectivity index is 2.11. The number of hydrogen-bond acceptors (Lipinski definition) is 3. The average molecular weight is 252 g/mol. The molecule has 1 aromatic carbocycles. The lowest BCUT2D eigenvalue weighted by Gasteiger charge is -2.05. The van der Waals surface area contributed by atoms with Crippen LogP contribution < -0.4 is 4.74 Å². The van der Waals surface area contributed by atoms with Crippen molar-refractivity contribution in [3.63, 3.8) is 0 Å². The number of carbonyl (C=O) groups excluding carboxylic acids is 1. The molecule has 0 fully saturated rings. The number of rotatable bonds is 3. The lowest BCUT2D eigenvalue weighted by molar-refractivity contribution is 0.111. The number of carbonyl (C=O) groups is 1. The fourth-order valence-electron chi connectivity index (χ4n) is 2.04. The van der Waals surface area contributed by atoms with E-state index in [4.69, 9.17) is 4.74 Å². The minimum atomic E-state index is 0.433. The Labute approximate surface area is 110 Å². The standard InChI is InChI=1S/C15H12N2O2/c1-19-14-4-2-3-11(7-14)12-5-6-15-16-13(10-18)9-17(15)8-12/h2-10H,1H3. The molecule has 4 nitrogen and oxygen atoms in total. The van der Waals surface area contributed by atoms with Crippen LogP contribution in [0.3, 0.4) is 0 Å². The summed E-state index contributed by atoms with van der Waals surface area (Å²) in [6, 6.07) is 11.7. The predicted molar refractivity (Wildman–Crippen MR) is 72.6 cm³/mol. The van der Waals surface area contributed by atoms with Gasteiger partial charge in [-0.15, -0.1) is 0 Å². The molecule has 0 radical (unpaired) electrons. The monoisotopic (exact) mass is 252 g/mol.